The van der Waals surface area contributed by atoms with Crippen molar-refractivity contribution >= 4 is 50.5 Å². The predicted molar refractivity (Wildman–Crippen MR) is 171 cm³/mol. The molecule has 13 heteroatoms. The van der Waals surface area contributed by atoms with E-state index in [1.165, 1.54) is 6.20 Å². The number of benzene rings is 2. The lowest BCUT2D eigenvalue weighted by molar-refractivity contribution is 0.0544. The number of para-hydroxylation sites is 1. The van der Waals surface area contributed by atoms with Gasteiger partial charge in [0, 0.05) is 31.2 Å². The Morgan fingerprint density at radius 1 is 1.14 bits per heavy atom. The monoisotopic (exact) mass is 642 g/mol. The zero-order chi connectivity index (χ0) is 31.6. The fourth-order valence-corrected chi connectivity index (χ4v) is 6.91. The fourth-order valence-electron chi connectivity index (χ4n) is 5.57. The number of sulfone groups is 1. The maximum atomic E-state index is 13.6. The first kappa shape index (κ1) is 32.0. The Bertz CT molecular complexity index is 1630. The number of ether oxygens (including phenoxy) is 1. The number of likely N-dealkylation sites (tertiary alicyclic amines) is 1. The molecule has 1 fully saturated rings. The number of aromatic nitrogens is 2. The van der Waals surface area contributed by atoms with Crippen molar-refractivity contribution in [1.82, 2.24) is 19.8 Å². The SMILES string of the molecule is CC(C)Oc1cc2c(cc1Nc1ncc(Cl)c(Nc3ccccc3S(=O)(=O)C(C)C)n1)C(=O)N([C@H]1CCCN(CCO)C1)C2. The first-order chi connectivity index (χ1) is 21.0. The Hall–Kier alpha value is -3.45. The number of halogens is 1. The molecule has 3 heterocycles. The number of nitrogens with one attached hydrogen (secondary N) is 2. The smallest absolute Gasteiger partial charge is 0.254 e. The molecule has 3 aromatic rings. The zero-order valence-electron chi connectivity index (χ0n) is 25.4. The normalized spacial score (nSPS) is 17.3. The van der Waals surface area contributed by atoms with Crippen molar-refractivity contribution < 1.29 is 23.1 Å². The second kappa shape index (κ2) is 13.3. The summed E-state index contributed by atoms with van der Waals surface area (Å²) in [5.41, 5.74) is 2.34. The third-order valence-electron chi connectivity index (χ3n) is 7.80. The maximum Gasteiger partial charge on any atom is 0.254 e. The number of piperidine rings is 1. The van der Waals surface area contributed by atoms with Crippen LogP contribution >= 0.6 is 11.6 Å². The highest BCUT2D eigenvalue weighted by atomic mass is 35.5. The number of β-amino-alcohol motifs (C(OH)–C–C–N with tert-alkyl or cyclic N) is 1. The molecule has 0 radical (unpaired) electrons. The highest BCUT2D eigenvalue weighted by Crippen LogP contribution is 2.38. The van der Waals surface area contributed by atoms with Gasteiger partial charge in [0.15, 0.2) is 15.7 Å². The van der Waals surface area contributed by atoms with Crippen molar-refractivity contribution in [3.63, 3.8) is 0 Å². The molecule has 0 bridgehead atoms. The molecule has 1 amide bonds. The standard InChI is InChI=1S/C31H39ClN6O5S/c1-19(2)43-27-14-21-17-38(22-8-7-11-37(18-22)12-13-39)30(40)23(21)15-26(27)35-31-33-16-24(32)29(36-31)34-25-9-5-6-10-28(25)44(41,42)20(3)4/h5-6,9-10,14-16,19-20,22,39H,7-8,11-13,17-18H2,1-4H3,(H2,33,34,35,36)/t22-/m0/s1. The summed E-state index contributed by atoms with van der Waals surface area (Å²) in [6, 6.07) is 10.3. The quantitative estimate of drug-likeness (QED) is 0.262. The van der Waals surface area contributed by atoms with E-state index in [-0.39, 0.29) is 46.3 Å². The second-order valence-corrected chi connectivity index (χ2v) is 14.5. The lowest BCUT2D eigenvalue weighted by Gasteiger charge is -2.37. The van der Waals surface area contributed by atoms with Crippen molar-refractivity contribution in [2.45, 2.75) is 69.4 Å². The van der Waals surface area contributed by atoms with Crippen LogP contribution < -0.4 is 15.4 Å². The van der Waals surface area contributed by atoms with Crippen molar-refractivity contribution in [2.24, 2.45) is 0 Å². The molecule has 5 rings (SSSR count). The summed E-state index contributed by atoms with van der Waals surface area (Å²) < 4.78 is 32.1. The van der Waals surface area contributed by atoms with Crippen molar-refractivity contribution in [1.29, 1.82) is 0 Å². The second-order valence-electron chi connectivity index (χ2n) is 11.7. The molecule has 1 saturated heterocycles. The first-order valence-electron chi connectivity index (χ1n) is 14.8. The highest BCUT2D eigenvalue weighted by Gasteiger charge is 2.36. The van der Waals surface area contributed by atoms with Crippen LogP contribution in [0.4, 0.5) is 23.1 Å². The Balaban J connectivity index is 1.43. The average molecular weight is 643 g/mol. The molecule has 0 spiro atoms. The van der Waals surface area contributed by atoms with Gasteiger partial charge in [-0.25, -0.2) is 13.4 Å². The summed E-state index contributed by atoms with van der Waals surface area (Å²) >= 11 is 6.44. The molecule has 0 aliphatic carbocycles. The van der Waals surface area contributed by atoms with Gasteiger partial charge in [-0.15, -0.1) is 0 Å². The minimum absolute atomic E-state index is 0.0441. The molecule has 3 N–H and O–H groups in total. The average Bonchev–Trinajstić information content (AvgIpc) is 3.30. The number of fused-ring (bicyclic) bond motifs is 1. The van der Waals surface area contributed by atoms with Crippen LogP contribution in [0.3, 0.4) is 0 Å². The summed E-state index contributed by atoms with van der Waals surface area (Å²) in [6.45, 7) is 9.95. The summed E-state index contributed by atoms with van der Waals surface area (Å²) in [4.78, 5) is 26.8. The molecular formula is C31H39ClN6O5S. The van der Waals surface area contributed by atoms with Crippen LogP contribution in [0.2, 0.25) is 5.02 Å². The molecule has 2 aliphatic heterocycles. The van der Waals surface area contributed by atoms with Crippen molar-refractivity contribution in [3.8, 4) is 5.75 Å². The molecule has 236 valence electrons. The van der Waals surface area contributed by atoms with E-state index in [0.29, 0.717) is 35.8 Å². The van der Waals surface area contributed by atoms with Crippen LogP contribution in [0, 0.1) is 0 Å². The van der Waals surface area contributed by atoms with Crippen LogP contribution in [0.15, 0.2) is 47.5 Å². The highest BCUT2D eigenvalue weighted by molar-refractivity contribution is 7.92. The van der Waals surface area contributed by atoms with Gasteiger partial charge in [0.25, 0.3) is 5.91 Å². The van der Waals surface area contributed by atoms with Gasteiger partial charge in [-0.3, -0.25) is 9.69 Å². The predicted octanol–water partition coefficient (Wildman–Crippen LogP) is 5.00. The van der Waals surface area contributed by atoms with Crippen LogP contribution in [0.5, 0.6) is 5.75 Å². The summed E-state index contributed by atoms with van der Waals surface area (Å²) in [7, 11) is -3.58. The fraction of sp³-hybridized carbons (Fsp3) is 0.452. The van der Waals surface area contributed by atoms with Gasteiger partial charge < -0.3 is 25.4 Å². The van der Waals surface area contributed by atoms with Gasteiger partial charge in [-0.2, -0.15) is 4.98 Å². The first-order valence-corrected chi connectivity index (χ1v) is 16.8. The van der Waals surface area contributed by atoms with Crippen molar-refractivity contribution in [3.05, 3.63) is 58.7 Å². The number of carbonyl (C=O) groups is 1. The minimum atomic E-state index is -3.58. The lowest BCUT2D eigenvalue weighted by Crippen LogP contribution is -2.48. The largest absolute Gasteiger partial charge is 0.489 e. The van der Waals surface area contributed by atoms with E-state index in [9.17, 15) is 18.3 Å². The van der Waals surface area contributed by atoms with Gasteiger partial charge >= 0.3 is 0 Å². The van der Waals surface area contributed by atoms with Crippen LogP contribution in [-0.4, -0.2) is 82.8 Å². The maximum absolute atomic E-state index is 13.6. The van der Waals surface area contributed by atoms with E-state index in [1.54, 1.807) is 44.2 Å². The minimum Gasteiger partial charge on any atom is -0.489 e. The molecule has 11 nitrogen and oxygen atoms in total. The van der Waals surface area contributed by atoms with E-state index < -0.39 is 15.1 Å². The number of amides is 1. The van der Waals surface area contributed by atoms with Gasteiger partial charge in [0.2, 0.25) is 5.95 Å². The number of hydrogen-bond donors (Lipinski definition) is 3. The van der Waals surface area contributed by atoms with E-state index >= 15 is 0 Å². The molecule has 0 saturated carbocycles. The van der Waals surface area contributed by atoms with Crippen LogP contribution in [0.25, 0.3) is 0 Å². The van der Waals surface area contributed by atoms with Gasteiger partial charge in [-0.05, 0) is 76.9 Å². The molecule has 1 atom stereocenters. The molecule has 44 heavy (non-hydrogen) atoms. The van der Waals surface area contributed by atoms with E-state index in [2.05, 4.69) is 25.5 Å². The Labute approximate surface area is 263 Å². The third kappa shape index (κ3) is 6.78. The molecule has 0 unspecified atom stereocenters. The van der Waals surface area contributed by atoms with Crippen molar-refractivity contribution in [2.75, 3.05) is 36.9 Å². The summed E-state index contributed by atoms with van der Waals surface area (Å²) in [6.07, 6.45) is 3.17. The van der Waals surface area contributed by atoms with E-state index in [0.717, 1.165) is 31.5 Å². The molecule has 2 aliphatic rings. The zero-order valence-corrected chi connectivity index (χ0v) is 27.0. The Kier molecular flexibility index (Phi) is 9.64. The number of carbonyl (C=O) groups excluding carboxylic acids is 1. The number of aliphatic hydroxyl groups excluding tert-OH is 1. The van der Waals surface area contributed by atoms with E-state index in [4.69, 9.17) is 16.3 Å². The van der Waals surface area contributed by atoms with Gasteiger partial charge in [0.05, 0.1) is 40.4 Å². The molecule has 2 aromatic carbocycles. The number of hydrogen-bond acceptors (Lipinski definition) is 10. The van der Waals surface area contributed by atoms with Crippen LogP contribution in [-0.2, 0) is 16.4 Å². The number of nitrogens with zero attached hydrogens (tertiary/aromatic N) is 4. The summed E-state index contributed by atoms with van der Waals surface area (Å²) in [5.74, 6) is 0.914. The van der Waals surface area contributed by atoms with Crippen LogP contribution in [0.1, 0.15) is 56.5 Å². The summed E-state index contributed by atoms with van der Waals surface area (Å²) in [5, 5.41) is 15.2. The Morgan fingerprint density at radius 2 is 1.91 bits per heavy atom. The number of anilines is 4. The van der Waals surface area contributed by atoms with Gasteiger partial charge in [-0.1, -0.05) is 23.7 Å². The molecule has 1 aromatic heterocycles. The number of aliphatic hydroxyl groups is 1. The third-order valence-corrected chi connectivity index (χ3v) is 10.3. The topological polar surface area (TPSA) is 137 Å². The number of rotatable bonds is 11. The van der Waals surface area contributed by atoms with Gasteiger partial charge in [0.1, 0.15) is 10.8 Å². The lowest BCUT2D eigenvalue weighted by atomic mass is 10.0. The van der Waals surface area contributed by atoms with E-state index in [1.807, 2.05) is 24.8 Å². The molecular weight excluding hydrogens is 604 g/mol. The Morgan fingerprint density at radius 3 is 2.64 bits per heavy atom.